The summed E-state index contributed by atoms with van der Waals surface area (Å²) in [5, 5.41) is 2.57. The third-order valence-electron chi connectivity index (χ3n) is 4.51. The zero-order valence-electron chi connectivity index (χ0n) is 13.7. The summed E-state index contributed by atoms with van der Waals surface area (Å²) in [7, 11) is 0. The molecule has 0 radical (unpaired) electrons. The average Bonchev–Trinajstić information content (AvgIpc) is 2.49. The zero-order chi connectivity index (χ0) is 16.8. The number of carbonyl (C=O) groups excluding carboxylic acids is 2. The van der Waals surface area contributed by atoms with E-state index in [9.17, 15) is 14.0 Å². The minimum atomic E-state index is -0.414. The zero-order valence-corrected chi connectivity index (χ0v) is 13.7. The molecule has 1 saturated carbocycles. The molecule has 0 unspecified atom stereocenters. The Balaban J connectivity index is 1.70. The maximum absolute atomic E-state index is 13.0. The number of carbonyl (C=O) groups is 2. The first-order chi connectivity index (χ1) is 10.9. The number of amides is 1. The van der Waals surface area contributed by atoms with Gasteiger partial charge in [0.2, 0.25) is 5.91 Å². The molecule has 1 aromatic rings. The highest BCUT2D eigenvalue weighted by molar-refractivity contribution is 5.92. The molecule has 0 aromatic heterocycles. The van der Waals surface area contributed by atoms with Crippen LogP contribution in [0.5, 0.6) is 0 Å². The Hall–Kier alpha value is -1.91. The molecule has 0 saturated heterocycles. The molecule has 0 aliphatic heterocycles. The van der Waals surface area contributed by atoms with E-state index in [2.05, 4.69) is 19.2 Å². The second-order valence-corrected chi connectivity index (χ2v) is 6.44. The standard InChI is InChI=1S/C18H24FNO3/c1-12-6-7-16(10-13(12)2)23-18(22)9-8-17(21)20-15-5-3-4-14(19)11-15/h3-5,11-13,16H,6-10H2,1-2H3,(H,20,21)/t12-,13+,16-/m1/s1. The van der Waals surface area contributed by atoms with Gasteiger partial charge in [-0.3, -0.25) is 9.59 Å². The van der Waals surface area contributed by atoms with Crippen LogP contribution in [0.25, 0.3) is 0 Å². The monoisotopic (exact) mass is 321 g/mol. The van der Waals surface area contributed by atoms with Crippen molar-refractivity contribution in [3.63, 3.8) is 0 Å². The van der Waals surface area contributed by atoms with Gasteiger partial charge in [-0.05, 0) is 49.3 Å². The number of ether oxygens (including phenoxy) is 1. The lowest BCUT2D eigenvalue weighted by Gasteiger charge is -2.31. The number of hydrogen-bond acceptors (Lipinski definition) is 3. The summed E-state index contributed by atoms with van der Waals surface area (Å²) in [6, 6.07) is 5.66. The van der Waals surface area contributed by atoms with Crippen molar-refractivity contribution in [3.05, 3.63) is 30.1 Å². The van der Waals surface area contributed by atoms with E-state index in [-0.39, 0.29) is 30.8 Å². The van der Waals surface area contributed by atoms with Crippen LogP contribution in [-0.2, 0) is 14.3 Å². The highest BCUT2D eigenvalue weighted by Gasteiger charge is 2.27. The molecule has 3 atom stereocenters. The molecule has 1 N–H and O–H groups in total. The number of rotatable bonds is 5. The Morgan fingerprint density at radius 2 is 2.00 bits per heavy atom. The second-order valence-electron chi connectivity index (χ2n) is 6.44. The predicted molar refractivity (Wildman–Crippen MR) is 86.3 cm³/mol. The summed E-state index contributed by atoms with van der Waals surface area (Å²) < 4.78 is 18.5. The normalized spacial score (nSPS) is 24.0. The van der Waals surface area contributed by atoms with Gasteiger partial charge in [-0.1, -0.05) is 19.9 Å². The minimum Gasteiger partial charge on any atom is -0.462 e. The lowest BCUT2D eigenvalue weighted by atomic mass is 9.80. The number of anilines is 1. The Bertz CT molecular complexity index is 561. The number of esters is 1. The fourth-order valence-corrected chi connectivity index (χ4v) is 2.86. The number of halogens is 1. The van der Waals surface area contributed by atoms with Gasteiger partial charge in [-0.2, -0.15) is 0 Å². The van der Waals surface area contributed by atoms with Gasteiger partial charge < -0.3 is 10.1 Å². The molecular weight excluding hydrogens is 297 g/mol. The second kappa shape index (κ2) is 8.09. The summed E-state index contributed by atoms with van der Waals surface area (Å²) in [6.45, 7) is 4.40. The van der Waals surface area contributed by atoms with Crippen LogP contribution in [0.1, 0.15) is 46.0 Å². The van der Waals surface area contributed by atoms with Crippen molar-refractivity contribution in [2.45, 2.75) is 52.1 Å². The summed E-state index contributed by atoms with van der Waals surface area (Å²) in [5.41, 5.74) is 0.387. The Morgan fingerprint density at radius 3 is 2.70 bits per heavy atom. The molecule has 1 amide bonds. The summed E-state index contributed by atoms with van der Waals surface area (Å²) in [5.74, 6) is 0.145. The van der Waals surface area contributed by atoms with Crippen molar-refractivity contribution in [1.29, 1.82) is 0 Å². The Morgan fingerprint density at radius 1 is 1.22 bits per heavy atom. The molecule has 1 fully saturated rings. The maximum Gasteiger partial charge on any atom is 0.306 e. The number of hydrogen-bond donors (Lipinski definition) is 1. The van der Waals surface area contributed by atoms with E-state index in [1.807, 2.05) is 0 Å². The SMILES string of the molecule is C[C@@H]1CC[C@@H](OC(=O)CCC(=O)Nc2cccc(F)c2)C[C@@H]1C. The van der Waals surface area contributed by atoms with Gasteiger partial charge in [0.1, 0.15) is 11.9 Å². The predicted octanol–water partition coefficient (Wildman–Crippen LogP) is 3.91. The highest BCUT2D eigenvalue weighted by atomic mass is 19.1. The van der Waals surface area contributed by atoms with Crippen molar-refractivity contribution in [2.75, 3.05) is 5.32 Å². The van der Waals surface area contributed by atoms with Crippen LogP contribution in [0, 0.1) is 17.7 Å². The maximum atomic E-state index is 13.0. The van der Waals surface area contributed by atoms with E-state index in [1.54, 1.807) is 6.07 Å². The average molecular weight is 321 g/mol. The van der Waals surface area contributed by atoms with Crippen molar-refractivity contribution >= 4 is 17.6 Å². The lowest BCUT2D eigenvalue weighted by molar-refractivity contribution is -0.152. The van der Waals surface area contributed by atoms with Gasteiger partial charge in [0.05, 0.1) is 6.42 Å². The highest BCUT2D eigenvalue weighted by Crippen LogP contribution is 2.31. The smallest absolute Gasteiger partial charge is 0.306 e. The molecule has 1 aromatic carbocycles. The van der Waals surface area contributed by atoms with Crippen LogP contribution in [-0.4, -0.2) is 18.0 Å². The molecule has 5 heteroatoms. The Labute approximate surface area is 136 Å². The van der Waals surface area contributed by atoms with Gasteiger partial charge in [-0.15, -0.1) is 0 Å². The molecule has 2 rings (SSSR count). The van der Waals surface area contributed by atoms with Crippen LogP contribution in [0.3, 0.4) is 0 Å². The van der Waals surface area contributed by atoms with E-state index in [0.29, 0.717) is 17.5 Å². The fourth-order valence-electron chi connectivity index (χ4n) is 2.86. The van der Waals surface area contributed by atoms with Crippen molar-refractivity contribution in [3.8, 4) is 0 Å². The van der Waals surface area contributed by atoms with Crippen LogP contribution >= 0.6 is 0 Å². The molecule has 0 heterocycles. The first kappa shape index (κ1) is 17.4. The summed E-state index contributed by atoms with van der Waals surface area (Å²) in [4.78, 5) is 23.6. The molecule has 4 nitrogen and oxygen atoms in total. The minimum absolute atomic E-state index is 0.0278. The van der Waals surface area contributed by atoms with Crippen molar-refractivity contribution in [2.24, 2.45) is 11.8 Å². The molecular formula is C18H24FNO3. The number of nitrogens with one attached hydrogen (secondary N) is 1. The fraction of sp³-hybridized carbons (Fsp3) is 0.556. The molecule has 23 heavy (non-hydrogen) atoms. The quantitative estimate of drug-likeness (QED) is 0.837. The topological polar surface area (TPSA) is 55.4 Å². The third-order valence-corrected chi connectivity index (χ3v) is 4.51. The van der Waals surface area contributed by atoms with E-state index in [0.717, 1.165) is 19.3 Å². The van der Waals surface area contributed by atoms with E-state index < -0.39 is 5.82 Å². The van der Waals surface area contributed by atoms with E-state index >= 15 is 0 Å². The van der Waals surface area contributed by atoms with Crippen LogP contribution < -0.4 is 5.32 Å². The first-order valence-corrected chi connectivity index (χ1v) is 8.19. The van der Waals surface area contributed by atoms with Gasteiger partial charge in [0.25, 0.3) is 0 Å². The molecule has 0 spiro atoms. The summed E-state index contributed by atoms with van der Waals surface area (Å²) >= 11 is 0. The third kappa shape index (κ3) is 5.66. The Kier molecular flexibility index (Phi) is 6.13. The molecule has 1 aliphatic carbocycles. The first-order valence-electron chi connectivity index (χ1n) is 8.19. The summed E-state index contributed by atoms with van der Waals surface area (Å²) in [6.07, 6.45) is 2.91. The van der Waals surface area contributed by atoms with Gasteiger partial charge in [0, 0.05) is 12.1 Å². The van der Waals surface area contributed by atoms with Crippen molar-refractivity contribution < 1.29 is 18.7 Å². The van der Waals surface area contributed by atoms with Gasteiger partial charge in [0.15, 0.2) is 0 Å². The van der Waals surface area contributed by atoms with Gasteiger partial charge in [-0.25, -0.2) is 4.39 Å². The lowest BCUT2D eigenvalue weighted by Crippen LogP contribution is -2.29. The van der Waals surface area contributed by atoms with Crippen LogP contribution in [0.2, 0.25) is 0 Å². The van der Waals surface area contributed by atoms with Gasteiger partial charge >= 0.3 is 5.97 Å². The molecule has 126 valence electrons. The van der Waals surface area contributed by atoms with Crippen LogP contribution in [0.4, 0.5) is 10.1 Å². The van der Waals surface area contributed by atoms with E-state index in [1.165, 1.54) is 18.2 Å². The number of benzene rings is 1. The molecule has 0 bridgehead atoms. The van der Waals surface area contributed by atoms with Crippen molar-refractivity contribution in [1.82, 2.24) is 0 Å². The molecule has 1 aliphatic rings. The van der Waals surface area contributed by atoms with E-state index in [4.69, 9.17) is 4.74 Å². The largest absolute Gasteiger partial charge is 0.462 e. The van der Waals surface area contributed by atoms with Crippen LogP contribution in [0.15, 0.2) is 24.3 Å².